The summed E-state index contributed by atoms with van der Waals surface area (Å²) in [6, 6.07) is 0.990. The van der Waals surface area contributed by atoms with Crippen molar-refractivity contribution in [1.29, 1.82) is 0 Å². The van der Waals surface area contributed by atoms with E-state index >= 15 is 0 Å². The third kappa shape index (κ3) is 2.12. The summed E-state index contributed by atoms with van der Waals surface area (Å²) in [6.45, 7) is 1.96. The second-order valence-electron chi connectivity index (χ2n) is 4.39. The molecule has 116 valence electrons. The van der Waals surface area contributed by atoms with Gasteiger partial charge in [0.05, 0.1) is 29.0 Å². The van der Waals surface area contributed by atoms with Gasteiger partial charge in [0.1, 0.15) is 11.3 Å². The zero-order valence-corrected chi connectivity index (χ0v) is 11.7. The highest BCUT2D eigenvalue weighted by Gasteiger charge is 2.26. The van der Waals surface area contributed by atoms with E-state index in [1.54, 1.807) is 6.92 Å². The fraction of sp³-hybridized carbons (Fsp3) is 0.231. The zero-order valence-electron chi connectivity index (χ0n) is 11.7. The SMILES string of the molecule is CCn1cc(C(=O)O)c(=O)c2c(O)c([N+](=O)[O-])cc(OC)c21. The lowest BCUT2D eigenvalue weighted by molar-refractivity contribution is -0.385. The van der Waals surface area contributed by atoms with Gasteiger partial charge in [-0.25, -0.2) is 4.79 Å². The molecule has 0 fully saturated rings. The van der Waals surface area contributed by atoms with Crippen molar-refractivity contribution in [1.82, 2.24) is 4.57 Å². The molecule has 2 aromatic rings. The van der Waals surface area contributed by atoms with E-state index in [-0.39, 0.29) is 17.8 Å². The molecular weight excluding hydrogens is 296 g/mol. The Labute approximate surface area is 123 Å². The Kier molecular flexibility index (Phi) is 3.72. The number of nitrogens with zero attached hydrogens (tertiary/aromatic N) is 2. The number of pyridine rings is 1. The Hall–Kier alpha value is -3.10. The summed E-state index contributed by atoms with van der Waals surface area (Å²) in [6.07, 6.45) is 1.11. The van der Waals surface area contributed by atoms with E-state index in [1.165, 1.54) is 11.7 Å². The Bertz CT molecular complexity index is 844. The lowest BCUT2D eigenvalue weighted by Crippen LogP contribution is -2.19. The number of aromatic carboxylic acids is 1. The zero-order chi connectivity index (χ0) is 16.6. The van der Waals surface area contributed by atoms with Crippen LogP contribution in [-0.4, -0.2) is 32.8 Å². The lowest BCUT2D eigenvalue weighted by atomic mass is 10.1. The number of aromatic nitrogens is 1. The second-order valence-corrected chi connectivity index (χ2v) is 4.39. The largest absolute Gasteiger partial charge is 0.502 e. The predicted molar refractivity (Wildman–Crippen MR) is 75.7 cm³/mol. The van der Waals surface area contributed by atoms with Gasteiger partial charge in [0, 0.05) is 12.7 Å². The highest BCUT2D eigenvalue weighted by molar-refractivity contribution is 5.99. The van der Waals surface area contributed by atoms with Crippen molar-refractivity contribution in [2.45, 2.75) is 13.5 Å². The molecule has 9 nitrogen and oxygen atoms in total. The molecule has 9 heteroatoms. The molecule has 0 saturated carbocycles. The average molecular weight is 308 g/mol. The molecule has 0 saturated heterocycles. The van der Waals surface area contributed by atoms with Crippen molar-refractivity contribution in [3.63, 3.8) is 0 Å². The number of ether oxygens (including phenoxy) is 1. The minimum atomic E-state index is -1.49. The monoisotopic (exact) mass is 308 g/mol. The van der Waals surface area contributed by atoms with Crippen LogP contribution in [0.1, 0.15) is 17.3 Å². The molecule has 0 atom stereocenters. The van der Waals surface area contributed by atoms with Crippen molar-refractivity contribution >= 4 is 22.6 Å². The van der Waals surface area contributed by atoms with Crippen LogP contribution >= 0.6 is 0 Å². The first-order chi connectivity index (χ1) is 10.3. The number of methoxy groups -OCH3 is 1. The van der Waals surface area contributed by atoms with Crippen molar-refractivity contribution < 1.29 is 24.7 Å². The van der Waals surface area contributed by atoms with Gasteiger partial charge in [-0.1, -0.05) is 0 Å². The van der Waals surface area contributed by atoms with Crippen LogP contribution in [-0.2, 0) is 6.54 Å². The number of benzene rings is 1. The standard InChI is InChI=1S/C13H12N2O7/c1-3-14-5-6(13(18)19)11(16)9-10(14)8(22-2)4-7(12(9)17)15(20)21/h4-5,17H,3H2,1-2H3,(H,18,19). The van der Waals surface area contributed by atoms with Gasteiger partial charge in [-0.05, 0) is 6.92 Å². The van der Waals surface area contributed by atoms with Crippen LogP contribution < -0.4 is 10.2 Å². The molecule has 22 heavy (non-hydrogen) atoms. The van der Waals surface area contributed by atoms with Gasteiger partial charge in [-0.3, -0.25) is 14.9 Å². The number of carbonyl (C=O) groups is 1. The number of carboxylic acids is 1. The van der Waals surface area contributed by atoms with Crippen LogP contribution in [0.25, 0.3) is 10.9 Å². The van der Waals surface area contributed by atoms with Crippen molar-refractivity contribution in [2.75, 3.05) is 7.11 Å². The lowest BCUT2D eigenvalue weighted by Gasteiger charge is -2.14. The first-order valence-electron chi connectivity index (χ1n) is 6.18. The number of aryl methyl sites for hydroxylation is 1. The van der Waals surface area contributed by atoms with Gasteiger partial charge in [-0.2, -0.15) is 0 Å². The first-order valence-corrected chi connectivity index (χ1v) is 6.18. The highest BCUT2D eigenvalue weighted by Crippen LogP contribution is 2.38. The van der Waals surface area contributed by atoms with Gasteiger partial charge < -0.3 is 19.5 Å². The summed E-state index contributed by atoms with van der Waals surface area (Å²) in [7, 11) is 1.26. The number of aromatic hydroxyl groups is 1. The Morgan fingerprint density at radius 2 is 2.14 bits per heavy atom. The normalized spacial score (nSPS) is 10.6. The topological polar surface area (TPSA) is 132 Å². The van der Waals surface area contributed by atoms with Crippen LogP contribution in [0.2, 0.25) is 0 Å². The first kappa shape index (κ1) is 15.3. The van der Waals surface area contributed by atoms with Gasteiger partial charge in [0.2, 0.25) is 11.2 Å². The van der Waals surface area contributed by atoms with Gasteiger partial charge in [0.15, 0.2) is 0 Å². The molecule has 0 aliphatic carbocycles. The predicted octanol–water partition coefficient (Wildman–Crippen LogP) is 1.34. The molecule has 0 spiro atoms. The van der Waals surface area contributed by atoms with Crippen molar-refractivity contribution in [2.24, 2.45) is 0 Å². The molecule has 0 bridgehead atoms. The molecule has 2 rings (SSSR count). The van der Waals surface area contributed by atoms with Gasteiger partial charge in [-0.15, -0.1) is 0 Å². The summed E-state index contributed by atoms with van der Waals surface area (Å²) < 4.78 is 6.43. The van der Waals surface area contributed by atoms with Crippen LogP contribution in [0.3, 0.4) is 0 Å². The summed E-state index contributed by atoms with van der Waals surface area (Å²) >= 11 is 0. The molecule has 1 heterocycles. The molecule has 1 aromatic carbocycles. The number of rotatable bonds is 4. The Morgan fingerprint density at radius 1 is 1.50 bits per heavy atom. The summed E-state index contributed by atoms with van der Waals surface area (Å²) in [5, 5.41) is 29.7. The molecule has 0 aliphatic rings. The van der Waals surface area contributed by atoms with E-state index in [0.717, 1.165) is 12.3 Å². The minimum absolute atomic E-state index is 0.00427. The maximum Gasteiger partial charge on any atom is 0.341 e. The number of phenols is 1. The Morgan fingerprint density at radius 3 is 2.59 bits per heavy atom. The third-order valence-corrected chi connectivity index (χ3v) is 3.25. The molecule has 0 radical (unpaired) electrons. The number of fused-ring (bicyclic) bond motifs is 1. The smallest absolute Gasteiger partial charge is 0.341 e. The van der Waals surface area contributed by atoms with E-state index < -0.39 is 38.7 Å². The second kappa shape index (κ2) is 5.35. The highest BCUT2D eigenvalue weighted by atomic mass is 16.6. The van der Waals surface area contributed by atoms with E-state index in [1.807, 2.05) is 0 Å². The number of phenolic OH excluding ortho intramolecular Hbond substituents is 1. The summed E-state index contributed by atoms with van der Waals surface area (Å²) in [5.41, 5.74) is -2.23. The van der Waals surface area contributed by atoms with Gasteiger partial charge in [0.25, 0.3) is 0 Å². The minimum Gasteiger partial charge on any atom is -0.502 e. The maximum atomic E-state index is 12.3. The third-order valence-electron chi connectivity index (χ3n) is 3.25. The number of carboxylic acid groups (broad SMARTS) is 1. The van der Waals surface area contributed by atoms with E-state index in [0.29, 0.717) is 0 Å². The van der Waals surface area contributed by atoms with Gasteiger partial charge >= 0.3 is 11.7 Å². The molecule has 0 aliphatic heterocycles. The number of hydrogen-bond donors (Lipinski definition) is 2. The van der Waals surface area contributed by atoms with Crippen molar-refractivity contribution in [3.05, 3.63) is 38.2 Å². The molecule has 2 N–H and O–H groups in total. The van der Waals surface area contributed by atoms with E-state index in [2.05, 4.69) is 0 Å². The fourth-order valence-corrected chi connectivity index (χ4v) is 2.23. The number of nitro groups is 1. The molecule has 1 aromatic heterocycles. The fourth-order valence-electron chi connectivity index (χ4n) is 2.23. The maximum absolute atomic E-state index is 12.3. The molecule has 0 amide bonds. The van der Waals surface area contributed by atoms with E-state index in [4.69, 9.17) is 9.84 Å². The van der Waals surface area contributed by atoms with Crippen molar-refractivity contribution in [3.8, 4) is 11.5 Å². The van der Waals surface area contributed by atoms with Crippen LogP contribution in [0.4, 0.5) is 5.69 Å². The number of hydrogen-bond acceptors (Lipinski definition) is 6. The molecular formula is C13H12N2O7. The molecule has 0 unspecified atom stereocenters. The van der Waals surface area contributed by atoms with Crippen LogP contribution in [0, 0.1) is 10.1 Å². The average Bonchev–Trinajstić information content (AvgIpc) is 2.47. The summed E-state index contributed by atoms with van der Waals surface area (Å²) in [4.78, 5) is 33.5. The summed E-state index contributed by atoms with van der Waals surface area (Å²) in [5.74, 6) is -2.37. The number of nitro benzene ring substituents is 1. The Balaban J connectivity index is 3.15. The van der Waals surface area contributed by atoms with Crippen LogP contribution in [0.15, 0.2) is 17.1 Å². The van der Waals surface area contributed by atoms with Crippen LogP contribution in [0.5, 0.6) is 11.5 Å². The quantitative estimate of drug-likeness (QED) is 0.643. The van der Waals surface area contributed by atoms with E-state index in [9.17, 15) is 24.8 Å².